The number of rotatable bonds is 10. The Balaban J connectivity index is 1.37. The Labute approximate surface area is 204 Å². The van der Waals surface area contributed by atoms with Gasteiger partial charge in [0.1, 0.15) is 12.4 Å². The van der Waals surface area contributed by atoms with Gasteiger partial charge in [-0.1, -0.05) is 42.5 Å². The lowest BCUT2D eigenvalue weighted by atomic mass is 10.2. The molecule has 0 unspecified atom stereocenters. The Morgan fingerprint density at radius 3 is 2.71 bits per heavy atom. The van der Waals surface area contributed by atoms with E-state index in [1.807, 2.05) is 41.1 Å². The summed E-state index contributed by atoms with van der Waals surface area (Å²) >= 11 is 2.83. The minimum Gasteiger partial charge on any atom is -0.487 e. The first kappa shape index (κ1) is 23.3. The van der Waals surface area contributed by atoms with E-state index in [0.717, 1.165) is 17.0 Å². The molecular weight excluding hydrogens is 470 g/mol. The van der Waals surface area contributed by atoms with Crippen molar-refractivity contribution in [3.63, 3.8) is 0 Å². The van der Waals surface area contributed by atoms with E-state index >= 15 is 0 Å². The van der Waals surface area contributed by atoms with Crippen molar-refractivity contribution in [3.05, 3.63) is 94.8 Å². The van der Waals surface area contributed by atoms with Crippen molar-refractivity contribution < 1.29 is 19.1 Å². The summed E-state index contributed by atoms with van der Waals surface area (Å²) < 4.78 is 11.0. The maximum atomic E-state index is 12.9. The molecule has 34 heavy (non-hydrogen) atoms. The van der Waals surface area contributed by atoms with Gasteiger partial charge >= 0.3 is 5.97 Å². The van der Waals surface area contributed by atoms with Gasteiger partial charge in [0.05, 0.1) is 22.5 Å². The van der Waals surface area contributed by atoms with E-state index in [9.17, 15) is 9.59 Å². The Kier molecular flexibility index (Phi) is 7.79. The number of amides is 1. The number of hydrogen-bond acceptors (Lipinski definition) is 8. The first-order chi connectivity index (χ1) is 16.6. The van der Waals surface area contributed by atoms with Crippen LogP contribution in [0.15, 0.2) is 83.5 Å². The fourth-order valence-electron chi connectivity index (χ4n) is 3.01. The summed E-state index contributed by atoms with van der Waals surface area (Å²) in [5, 5.41) is 4.29. The predicted octanol–water partition coefficient (Wildman–Crippen LogP) is 5.22. The molecule has 2 heterocycles. The molecule has 0 radical (unpaired) electrons. The molecule has 0 saturated carbocycles. The number of carbonyl (C=O) groups excluding carboxylic acids is 2. The Hall–Kier alpha value is -3.82. The van der Waals surface area contributed by atoms with Crippen LogP contribution < -0.4 is 9.64 Å². The number of anilines is 1. The number of aromatic nitrogens is 2. The number of benzene rings is 2. The highest BCUT2D eigenvalue weighted by molar-refractivity contribution is 7.14. The van der Waals surface area contributed by atoms with Gasteiger partial charge in [0.15, 0.2) is 11.7 Å². The van der Waals surface area contributed by atoms with Gasteiger partial charge in [-0.25, -0.2) is 14.8 Å². The lowest BCUT2D eigenvalue weighted by Gasteiger charge is -2.18. The Morgan fingerprint density at radius 1 is 1.09 bits per heavy atom. The SMILES string of the molecule is C=CCN(C(=O)COC(=O)c1cccc(OCc2cscn2)c1)c1nc(-c2ccccc2)cs1. The third-order valence-corrected chi connectivity index (χ3v) is 6.17. The van der Waals surface area contributed by atoms with Gasteiger partial charge < -0.3 is 9.47 Å². The highest BCUT2D eigenvalue weighted by Gasteiger charge is 2.20. The molecule has 4 rings (SSSR count). The molecule has 0 spiro atoms. The third kappa shape index (κ3) is 5.94. The molecule has 0 aliphatic rings. The van der Waals surface area contributed by atoms with Crippen molar-refractivity contribution in [2.75, 3.05) is 18.1 Å². The number of ether oxygens (including phenoxy) is 2. The second kappa shape index (κ2) is 11.4. The van der Waals surface area contributed by atoms with Crippen LogP contribution in [0.5, 0.6) is 5.75 Å². The van der Waals surface area contributed by atoms with Gasteiger partial charge in [-0.3, -0.25) is 9.69 Å². The molecule has 7 nitrogen and oxygen atoms in total. The first-order valence-electron chi connectivity index (χ1n) is 10.3. The lowest BCUT2D eigenvalue weighted by molar-refractivity contribution is -0.121. The van der Waals surface area contributed by atoms with Crippen molar-refractivity contribution in [1.82, 2.24) is 9.97 Å². The second-order valence-corrected chi connectivity index (χ2v) is 8.60. The molecule has 2 aromatic carbocycles. The van der Waals surface area contributed by atoms with Crippen molar-refractivity contribution in [1.29, 1.82) is 0 Å². The normalized spacial score (nSPS) is 10.5. The minimum absolute atomic E-state index is 0.248. The van der Waals surface area contributed by atoms with Crippen LogP contribution in [-0.2, 0) is 16.1 Å². The average Bonchev–Trinajstić information content (AvgIpc) is 3.58. The largest absolute Gasteiger partial charge is 0.487 e. The molecule has 0 atom stereocenters. The van der Waals surface area contributed by atoms with Gasteiger partial charge in [-0.15, -0.1) is 29.3 Å². The molecule has 0 fully saturated rings. The van der Waals surface area contributed by atoms with E-state index in [0.29, 0.717) is 23.1 Å². The summed E-state index contributed by atoms with van der Waals surface area (Å²) in [6, 6.07) is 16.3. The van der Waals surface area contributed by atoms with Crippen LogP contribution in [0.3, 0.4) is 0 Å². The molecular formula is C25H21N3O4S2. The van der Waals surface area contributed by atoms with Crippen molar-refractivity contribution in [2.24, 2.45) is 0 Å². The van der Waals surface area contributed by atoms with Gasteiger partial charge in [-0.2, -0.15) is 0 Å². The maximum absolute atomic E-state index is 12.9. The van der Waals surface area contributed by atoms with Crippen LogP contribution in [0.4, 0.5) is 5.13 Å². The number of thiazole rings is 2. The molecule has 9 heteroatoms. The molecule has 1 amide bonds. The number of nitrogens with zero attached hydrogens (tertiary/aromatic N) is 3. The quantitative estimate of drug-likeness (QED) is 0.223. The van der Waals surface area contributed by atoms with E-state index in [-0.39, 0.29) is 6.54 Å². The zero-order valence-electron chi connectivity index (χ0n) is 18.1. The summed E-state index contributed by atoms with van der Waals surface area (Å²) in [6.45, 7) is 3.85. The van der Waals surface area contributed by atoms with Crippen LogP contribution in [0.1, 0.15) is 16.1 Å². The number of carbonyl (C=O) groups is 2. The van der Waals surface area contributed by atoms with Crippen LogP contribution >= 0.6 is 22.7 Å². The standard InChI is InChI=1S/C25H21N3O4S2/c1-2-11-28(25-27-22(16-34-25)18-7-4-3-5-8-18)23(29)14-32-24(30)19-9-6-10-21(12-19)31-13-20-15-33-17-26-20/h2-10,12,15-17H,1,11,13-14H2. The lowest BCUT2D eigenvalue weighted by Crippen LogP contribution is -2.34. The Bertz CT molecular complexity index is 1260. The molecule has 0 aliphatic heterocycles. The second-order valence-electron chi connectivity index (χ2n) is 7.05. The van der Waals surface area contributed by atoms with Crippen LogP contribution in [0.2, 0.25) is 0 Å². The summed E-state index contributed by atoms with van der Waals surface area (Å²) in [4.78, 5) is 35.6. The number of hydrogen-bond donors (Lipinski definition) is 0. The molecule has 2 aromatic heterocycles. The average molecular weight is 492 g/mol. The fourth-order valence-corrected chi connectivity index (χ4v) is 4.42. The highest BCUT2D eigenvalue weighted by Crippen LogP contribution is 2.27. The van der Waals surface area contributed by atoms with E-state index in [1.54, 1.807) is 35.9 Å². The maximum Gasteiger partial charge on any atom is 0.338 e. The molecule has 172 valence electrons. The van der Waals surface area contributed by atoms with Gasteiger partial charge in [-0.05, 0) is 18.2 Å². The van der Waals surface area contributed by atoms with E-state index in [1.165, 1.54) is 27.6 Å². The van der Waals surface area contributed by atoms with Crippen LogP contribution in [0.25, 0.3) is 11.3 Å². The zero-order chi connectivity index (χ0) is 23.8. The smallest absolute Gasteiger partial charge is 0.338 e. The topological polar surface area (TPSA) is 81.6 Å². The van der Waals surface area contributed by atoms with E-state index in [2.05, 4.69) is 16.5 Å². The molecule has 4 aromatic rings. The third-order valence-electron chi connectivity index (χ3n) is 4.67. The van der Waals surface area contributed by atoms with E-state index in [4.69, 9.17) is 9.47 Å². The minimum atomic E-state index is -0.616. The van der Waals surface area contributed by atoms with Gasteiger partial charge in [0, 0.05) is 22.9 Å². The molecule has 0 bridgehead atoms. The molecule has 0 aliphatic carbocycles. The molecule has 0 saturated heterocycles. The summed E-state index contributed by atoms with van der Waals surface area (Å²) in [5.74, 6) is -0.494. The summed E-state index contributed by atoms with van der Waals surface area (Å²) in [7, 11) is 0. The zero-order valence-corrected chi connectivity index (χ0v) is 19.8. The Morgan fingerprint density at radius 2 is 1.94 bits per heavy atom. The summed E-state index contributed by atoms with van der Waals surface area (Å²) in [5.41, 5.74) is 4.56. The monoisotopic (exact) mass is 491 g/mol. The van der Waals surface area contributed by atoms with Gasteiger partial charge in [0.2, 0.25) is 0 Å². The first-order valence-corrected chi connectivity index (χ1v) is 12.2. The van der Waals surface area contributed by atoms with Crippen molar-refractivity contribution in [3.8, 4) is 17.0 Å². The van der Waals surface area contributed by atoms with Crippen LogP contribution in [-0.4, -0.2) is 35.0 Å². The molecule has 0 N–H and O–H groups in total. The van der Waals surface area contributed by atoms with Crippen LogP contribution in [0, 0.1) is 0 Å². The highest BCUT2D eigenvalue weighted by atomic mass is 32.1. The van der Waals surface area contributed by atoms with Gasteiger partial charge in [0.25, 0.3) is 5.91 Å². The predicted molar refractivity (Wildman–Crippen MR) is 133 cm³/mol. The number of esters is 1. The van der Waals surface area contributed by atoms with Crippen molar-refractivity contribution in [2.45, 2.75) is 6.61 Å². The fraction of sp³-hybridized carbons (Fsp3) is 0.120. The van der Waals surface area contributed by atoms with E-state index < -0.39 is 18.5 Å². The summed E-state index contributed by atoms with van der Waals surface area (Å²) in [6.07, 6.45) is 1.60. The van der Waals surface area contributed by atoms with Crippen molar-refractivity contribution >= 4 is 39.7 Å².